The van der Waals surface area contributed by atoms with E-state index in [1.807, 2.05) is 60.7 Å². The molecule has 0 radical (unpaired) electrons. The zero-order valence-electron chi connectivity index (χ0n) is 12.5. The SMILES string of the molecule is O=C(Cc1ccccc1Cl)Nc1ccc(-c2ccccc2)cc1. The van der Waals surface area contributed by atoms with Crippen LogP contribution in [0.5, 0.6) is 0 Å². The first kappa shape index (κ1) is 15.3. The van der Waals surface area contributed by atoms with Crippen LogP contribution in [0, 0.1) is 0 Å². The van der Waals surface area contributed by atoms with Crippen molar-refractivity contribution in [2.24, 2.45) is 0 Å². The maximum Gasteiger partial charge on any atom is 0.228 e. The van der Waals surface area contributed by atoms with Gasteiger partial charge >= 0.3 is 0 Å². The van der Waals surface area contributed by atoms with Crippen LogP contribution in [-0.4, -0.2) is 5.91 Å². The molecule has 0 fully saturated rings. The number of rotatable bonds is 4. The molecule has 23 heavy (non-hydrogen) atoms. The van der Waals surface area contributed by atoms with Gasteiger partial charge in [-0.2, -0.15) is 0 Å². The Morgan fingerprint density at radius 2 is 1.39 bits per heavy atom. The Morgan fingerprint density at radius 1 is 0.783 bits per heavy atom. The summed E-state index contributed by atoms with van der Waals surface area (Å²) in [6, 6.07) is 25.3. The van der Waals surface area contributed by atoms with Crippen LogP contribution in [0.4, 0.5) is 5.69 Å². The second-order valence-electron chi connectivity index (χ2n) is 5.26. The van der Waals surface area contributed by atoms with Gasteiger partial charge in [-0.25, -0.2) is 0 Å². The van der Waals surface area contributed by atoms with Crippen LogP contribution in [0.15, 0.2) is 78.9 Å². The molecule has 0 saturated carbocycles. The van der Waals surface area contributed by atoms with Crippen LogP contribution in [0.3, 0.4) is 0 Å². The van der Waals surface area contributed by atoms with Crippen molar-refractivity contribution < 1.29 is 4.79 Å². The molecule has 0 aliphatic carbocycles. The number of anilines is 1. The molecule has 0 saturated heterocycles. The average molecular weight is 322 g/mol. The van der Waals surface area contributed by atoms with E-state index < -0.39 is 0 Å². The maximum absolute atomic E-state index is 12.1. The molecule has 0 aliphatic rings. The van der Waals surface area contributed by atoms with Crippen LogP contribution in [0.1, 0.15) is 5.56 Å². The lowest BCUT2D eigenvalue weighted by atomic mass is 10.1. The van der Waals surface area contributed by atoms with Gasteiger partial charge in [0.05, 0.1) is 6.42 Å². The van der Waals surface area contributed by atoms with Gasteiger partial charge in [0.2, 0.25) is 5.91 Å². The summed E-state index contributed by atoms with van der Waals surface area (Å²) in [7, 11) is 0. The van der Waals surface area contributed by atoms with Crippen molar-refractivity contribution in [1.82, 2.24) is 0 Å². The lowest BCUT2D eigenvalue weighted by Gasteiger charge is -2.08. The van der Waals surface area contributed by atoms with E-state index in [2.05, 4.69) is 17.4 Å². The minimum absolute atomic E-state index is 0.0782. The van der Waals surface area contributed by atoms with Crippen LogP contribution >= 0.6 is 11.6 Å². The molecule has 0 aliphatic heterocycles. The third kappa shape index (κ3) is 3.99. The van der Waals surface area contributed by atoms with E-state index in [9.17, 15) is 4.79 Å². The molecule has 0 bridgehead atoms. The topological polar surface area (TPSA) is 29.1 Å². The van der Waals surface area contributed by atoms with Gasteiger partial charge in [-0.3, -0.25) is 4.79 Å². The van der Waals surface area contributed by atoms with Gasteiger partial charge in [0.25, 0.3) is 0 Å². The fourth-order valence-electron chi connectivity index (χ4n) is 2.40. The van der Waals surface area contributed by atoms with Crippen molar-refractivity contribution in [3.05, 3.63) is 89.4 Å². The number of benzene rings is 3. The molecule has 0 aromatic heterocycles. The lowest BCUT2D eigenvalue weighted by Crippen LogP contribution is -2.14. The monoisotopic (exact) mass is 321 g/mol. The Labute approximate surface area is 140 Å². The molecular weight excluding hydrogens is 306 g/mol. The number of halogens is 1. The largest absolute Gasteiger partial charge is 0.326 e. The molecule has 3 heteroatoms. The molecule has 0 spiro atoms. The molecule has 1 amide bonds. The summed E-state index contributed by atoms with van der Waals surface area (Å²) in [6.45, 7) is 0. The zero-order chi connectivity index (χ0) is 16.1. The molecule has 0 atom stereocenters. The van der Waals surface area contributed by atoms with Crippen LogP contribution < -0.4 is 5.32 Å². The van der Waals surface area contributed by atoms with Crippen molar-refractivity contribution in [1.29, 1.82) is 0 Å². The Bertz CT molecular complexity index is 797. The van der Waals surface area contributed by atoms with E-state index in [0.29, 0.717) is 5.02 Å². The average Bonchev–Trinajstić information content (AvgIpc) is 2.58. The van der Waals surface area contributed by atoms with Crippen molar-refractivity contribution in [3.63, 3.8) is 0 Å². The standard InChI is InChI=1S/C20H16ClNO/c21-19-9-5-4-8-17(19)14-20(23)22-18-12-10-16(11-13-18)15-6-2-1-3-7-15/h1-13H,14H2,(H,22,23). The molecule has 0 unspecified atom stereocenters. The summed E-state index contributed by atoms with van der Waals surface area (Å²) >= 11 is 6.08. The molecule has 0 heterocycles. The lowest BCUT2D eigenvalue weighted by molar-refractivity contribution is -0.115. The highest BCUT2D eigenvalue weighted by molar-refractivity contribution is 6.31. The molecule has 3 rings (SSSR count). The van der Waals surface area contributed by atoms with Crippen molar-refractivity contribution in [2.75, 3.05) is 5.32 Å². The number of carbonyl (C=O) groups excluding carboxylic acids is 1. The Kier molecular flexibility index (Phi) is 4.74. The Hall–Kier alpha value is -2.58. The second-order valence-corrected chi connectivity index (χ2v) is 5.67. The summed E-state index contributed by atoms with van der Waals surface area (Å²) in [5.74, 6) is -0.0782. The highest BCUT2D eigenvalue weighted by Gasteiger charge is 2.07. The summed E-state index contributed by atoms with van der Waals surface area (Å²) in [6.07, 6.45) is 0.264. The maximum atomic E-state index is 12.1. The zero-order valence-corrected chi connectivity index (χ0v) is 13.3. The molecule has 114 valence electrons. The van der Waals surface area contributed by atoms with Crippen LogP contribution in [0.2, 0.25) is 5.02 Å². The van der Waals surface area contributed by atoms with Crippen LogP contribution in [-0.2, 0) is 11.2 Å². The van der Waals surface area contributed by atoms with Gasteiger partial charge in [-0.15, -0.1) is 0 Å². The minimum atomic E-state index is -0.0782. The normalized spacial score (nSPS) is 10.3. The highest BCUT2D eigenvalue weighted by Crippen LogP contribution is 2.21. The van der Waals surface area contributed by atoms with Crippen LogP contribution in [0.25, 0.3) is 11.1 Å². The third-order valence-electron chi connectivity index (χ3n) is 3.58. The number of nitrogens with one attached hydrogen (secondary N) is 1. The van der Waals surface area contributed by atoms with E-state index in [0.717, 1.165) is 22.4 Å². The van der Waals surface area contributed by atoms with Crippen molar-refractivity contribution in [3.8, 4) is 11.1 Å². The molecule has 3 aromatic carbocycles. The van der Waals surface area contributed by atoms with Crippen molar-refractivity contribution in [2.45, 2.75) is 6.42 Å². The molecule has 3 aromatic rings. The quantitative estimate of drug-likeness (QED) is 0.704. The highest BCUT2D eigenvalue weighted by atomic mass is 35.5. The van der Waals surface area contributed by atoms with E-state index in [-0.39, 0.29) is 12.3 Å². The molecular formula is C20H16ClNO. The van der Waals surface area contributed by atoms with Crippen molar-refractivity contribution >= 4 is 23.2 Å². The predicted molar refractivity (Wildman–Crippen MR) is 95.7 cm³/mol. The number of amides is 1. The Morgan fingerprint density at radius 3 is 2.09 bits per heavy atom. The van der Waals surface area contributed by atoms with E-state index in [1.54, 1.807) is 6.07 Å². The molecule has 2 nitrogen and oxygen atoms in total. The number of carbonyl (C=O) groups is 1. The van der Waals surface area contributed by atoms with Gasteiger partial charge in [0.15, 0.2) is 0 Å². The van der Waals surface area contributed by atoms with Gasteiger partial charge in [-0.05, 0) is 34.9 Å². The Balaban J connectivity index is 1.66. The van der Waals surface area contributed by atoms with Gasteiger partial charge in [-0.1, -0.05) is 72.3 Å². The van der Waals surface area contributed by atoms with E-state index in [1.165, 1.54) is 0 Å². The summed E-state index contributed by atoms with van der Waals surface area (Å²) in [5.41, 5.74) is 3.88. The minimum Gasteiger partial charge on any atom is -0.326 e. The molecule has 1 N–H and O–H groups in total. The smallest absolute Gasteiger partial charge is 0.228 e. The third-order valence-corrected chi connectivity index (χ3v) is 3.95. The summed E-state index contributed by atoms with van der Waals surface area (Å²) < 4.78 is 0. The first-order chi connectivity index (χ1) is 11.2. The van der Waals surface area contributed by atoms with E-state index >= 15 is 0 Å². The number of hydrogen-bond acceptors (Lipinski definition) is 1. The fourth-order valence-corrected chi connectivity index (χ4v) is 2.60. The summed E-state index contributed by atoms with van der Waals surface area (Å²) in [4.78, 5) is 12.1. The first-order valence-corrected chi connectivity index (χ1v) is 7.79. The van der Waals surface area contributed by atoms with E-state index in [4.69, 9.17) is 11.6 Å². The summed E-state index contributed by atoms with van der Waals surface area (Å²) in [5, 5.41) is 3.51. The fraction of sp³-hybridized carbons (Fsp3) is 0.0500. The van der Waals surface area contributed by atoms with Gasteiger partial charge < -0.3 is 5.32 Å². The van der Waals surface area contributed by atoms with Gasteiger partial charge in [0.1, 0.15) is 0 Å². The number of hydrogen-bond donors (Lipinski definition) is 1. The second kappa shape index (κ2) is 7.12. The first-order valence-electron chi connectivity index (χ1n) is 7.41. The predicted octanol–water partition coefficient (Wildman–Crippen LogP) is 5.19. The van der Waals surface area contributed by atoms with Gasteiger partial charge in [0, 0.05) is 10.7 Å².